The third kappa shape index (κ3) is 5.42. The van der Waals surface area contributed by atoms with Crippen LogP contribution in [0.1, 0.15) is 25.7 Å². The molecule has 2 rings (SSSR count). The van der Waals surface area contributed by atoms with E-state index in [2.05, 4.69) is 10.6 Å². The molecule has 2 N–H and O–H groups in total. The highest BCUT2D eigenvalue weighted by molar-refractivity contribution is 7.13. The molecule has 0 aliphatic rings. The van der Waals surface area contributed by atoms with E-state index in [0.29, 0.717) is 10.6 Å². The van der Waals surface area contributed by atoms with E-state index in [1.165, 1.54) is 11.3 Å². The van der Waals surface area contributed by atoms with Gasteiger partial charge in [0.2, 0.25) is 5.91 Å². The molecule has 1 aromatic carbocycles. The number of thiophene rings is 1. The molecular weight excluding hydrogens is 340 g/mol. The first kappa shape index (κ1) is 18.7. The summed E-state index contributed by atoms with van der Waals surface area (Å²) in [6.45, 7) is 5.13. The van der Waals surface area contributed by atoms with E-state index in [9.17, 15) is 14.4 Å². The fraction of sp³-hybridized carbons (Fsp3) is 0.278. The number of rotatable bonds is 6. The van der Waals surface area contributed by atoms with Crippen LogP contribution < -0.4 is 10.6 Å². The molecule has 0 fully saturated rings. The van der Waals surface area contributed by atoms with Gasteiger partial charge in [-0.05, 0) is 50.1 Å². The van der Waals surface area contributed by atoms with Gasteiger partial charge in [-0.25, -0.2) is 4.79 Å². The number of ether oxygens (including phenoxy) is 1. The Bertz CT molecular complexity index is 798. The summed E-state index contributed by atoms with van der Waals surface area (Å²) in [6.07, 6.45) is 0. The van der Waals surface area contributed by atoms with Crippen LogP contribution in [-0.2, 0) is 14.3 Å². The molecule has 0 radical (unpaired) electrons. The van der Waals surface area contributed by atoms with Gasteiger partial charge in [-0.15, -0.1) is 11.3 Å². The Morgan fingerprint density at radius 1 is 1.04 bits per heavy atom. The molecule has 0 saturated carbocycles. The number of carbonyl (C=O) groups excluding carboxylic acids is 3. The van der Waals surface area contributed by atoms with Gasteiger partial charge in [-0.3, -0.25) is 9.59 Å². The van der Waals surface area contributed by atoms with Crippen molar-refractivity contribution in [2.75, 3.05) is 18.5 Å². The summed E-state index contributed by atoms with van der Waals surface area (Å²) in [7, 11) is 0. The topological polar surface area (TPSA) is 84.5 Å². The van der Waals surface area contributed by atoms with Gasteiger partial charge in [0, 0.05) is 10.6 Å². The van der Waals surface area contributed by atoms with Crippen LogP contribution in [0.15, 0.2) is 30.3 Å². The lowest BCUT2D eigenvalue weighted by Gasteiger charge is -2.11. The van der Waals surface area contributed by atoms with E-state index < -0.39 is 18.5 Å². The van der Waals surface area contributed by atoms with Crippen molar-refractivity contribution in [2.24, 2.45) is 0 Å². The van der Waals surface area contributed by atoms with Crippen molar-refractivity contribution in [3.63, 3.8) is 0 Å². The number of esters is 1. The molecule has 6 nitrogen and oxygen atoms in total. The summed E-state index contributed by atoms with van der Waals surface area (Å²) in [5.74, 6) is -1.42. The van der Waals surface area contributed by atoms with Crippen LogP contribution in [0.2, 0.25) is 0 Å². The van der Waals surface area contributed by atoms with Crippen molar-refractivity contribution < 1.29 is 19.1 Å². The summed E-state index contributed by atoms with van der Waals surface area (Å²) in [5, 5.41) is 5.16. The van der Waals surface area contributed by atoms with E-state index in [0.717, 1.165) is 16.0 Å². The highest BCUT2D eigenvalue weighted by atomic mass is 32.1. The Balaban J connectivity index is 1.75. The number of anilines is 1. The maximum atomic E-state index is 11.9. The summed E-state index contributed by atoms with van der Waals surface area (Å²) >= 11 is 1.30. The molecule has 1 heterocycles. The number of hydrogen-bond donors (Lipinski definition) is 2. The average molecular weight is 360 g/mol. The Labute approximate surface area is 150 Å². The van der Waals surface area contributed by atoms with Gasteiger partial charge < -0.3 is 15.4 Å². The molecule has 0 aliphatic carbocycles. The fourth-order valence-corrected chi connectivity index (χ4v) is 2.82. The highest BCUT2D eigenvalue weighted by Gasteiger charge is 2.13. The lowest BCUT2D eigenvalue weighted by molar-refractivity contribution is -0.126. The first-order valence-electron chi connectivity index (χ1n) is 7.73. The minimum Gasteiger partial charge on any atom is -0.451 e. The number of amides is 2. The van der Waals surface area contributed by atoms with Crippen molar-refractivity contribution in [2.45, 2.75) is 20.8 Å². The minimum absolute atomic E-state index is 0.193. The molecule has 0 unspecified atom stereocenters. The van der Waals surface area contributed by atoms with Crippen LogP contribution in [0.4, 0.5) is 5.69 Å². The maximum Gasteiger partial charge on any atom is 0.348 e. The van der Waals surface area contributed by atoms with Crippen LogP contribution in [0, 0.1) is 20.8 Å². The second-order valence-electron chi connectivity index (χ2n) is 5.56. The molecule has 132 valence electrons. The number of aryl methyl sites for hydroxylation is 2. The minimum atomic E-state index is -0.548. The summed E-state index contributed by atoms with van der Waals surface area (Å²) < 4.78 is 4.92. The van der Waals surface area contributed by atoms with Crippen LogP contribution in [-0.4, -0.2) is 30.9 Å². The van der Waals surface area contributed by atoms with E-state index >= 15 is 0 Å². The van der Waals surface area contributed by atoms with Crippen LogP contribution in [0.3, 0.4) is 0 Å². The van der Waals surface area contributed by atoms with Crippen LogP contribution in [0.5, 0.6) is 0 Å². The molecule has 0 spiro atoms. The maximum absolute atomic E-state index is 11.9. The lowest BCUT2D eigenvalue weighted by Crippen LogP contribution is -2.35. The molecule has 0 atom stereocenters. The zero-order chi connectivity index (χ0) is 18.4. The largest absolute Gasteiger partial charge is 0.451 e. The van der Waals surface area contributed by atoms with Gasteiger partial charge in [-0.2, -0.15) is 0 Å². The smallest absolute Gasteiger partial charge is 0.348 e. The van der Waals surface area contributed by atoms with Gasteiger partial charge in [0.15, 0.2) is 6.61 Å². The zero-order valence-electron chi connectivity index (χ0n) is 14.3. The number of carbonyl (C=O) groups is 3. The van der Waals surface area contributed by atoms with Crippen molar-refractivity contribution in [1.29, 1.82) is 0 Å². The molecular formula is C18H20N2O4S. The van der Waals surface area contributed by atoms with E-state index in [-0.39, 0.29) is 12.5 Å². The third-order valence-corrected chi connectivity index (χ3v) is 4.58. The Kier molecular flexibility index (Phi) is 6.30. The molecule has 0 saturated heterocycles. The fourth-order valence-electron chi connectivity index (χ4n) is 2.06. The predicted octanol–water partition coefficient (Wildman–Crippen LogP) is 2.59. The monoisotopic (exact) mass is 360 g/mol. The van der Waals surface area contributed by atoms with Gasteiger partial charge in [0.1, 0.15) is 4.88 Å². The van der Waals surface area contributed by atoms with Crippen molar-refractivity contribution in [3.8, 4) is 0 Å². The van der Waals surface area contributed by atoms with Crippen LogP contribution in [0.25, 0.3) is 0 Å². The Morgan fingerprint density at radius 2 is 1.80 bits per heavy atom. The molecule has 1 aromatic heterocycles. The van der Waals surface area contributed by atoms with Crippen molar-refractivity contribution in [3.05, 3.63) is 51.2 Å². The van der Waals surface area contributed by atoms with E-state index in [1.807, 2.05) is 32.9 Å². The Hall–Kier alpha value is -2.67. The molecule has 2 aromatic rings. The number of benzene rings is 1. The van der Waals surface area contributed by atoms with E-state index in [1.54, 1.807) is 18.2 Å². The second kappa shape index (κ2) is 8.43. The lowest BCUT2D eigenvalue weighted by atomic mass is 10.1. The summed E-state index contributed by atoms with van der Waals surface area (Å²) in [6, 6.07) is 9.06. The Morgan fingerprint density at radius 3 is 2.48 bits per heavy atom. The number of nitrogens with one attached hydrogen (secondary N) is 2. The normalized spacial score (nSPS) is 10.2. The summed E-state index contributed by atoms with van der Waals surface area (Å²) in [4.78, 5) is 36.8. The van der Waals surface area contributed by atoms with E-state index in [4.69, 9.17) is 4.74 Å². The van der Waals surface area contributed by atoms with Gasteiger partial charge in [0.25, 0.3) is 5.91 Å². The molecule has 0 aliphatic heterocycles. The first-order valence-corrected chi connectivity index (χ1v) is 8.55. The molecule has 25 heavy (non-hydrogen) atoms. The van der Waals surface area contributed by atoms with Gasteiger partial charge in [-0.1, -0.05) is 12.1 Å². The quantitative estimate of drug-likeness (QED) is 0.776. The molecule has 2 amide bonds. The van der Waals surface area contributed by atoms with Crippen LogP contribution >= 0.6 is 11.3 Å². The number of hydrogen-bond acceptors (Lipinski definition) is 5. The van der Waals surface area contributed by atoms with Gasteiger partial charge >= 0.3 is 5.97 Å². The van der Waals surface area contributed by atoms with Crippen molar-refractivity contribution >= 4 is 34.8 Å². The standard InChI is InChI=1S/C18H20N2O4S/c1-11-5-4-6-14(13(11)3)20-16(21)9-19-17(22)10-24-18(23)15-8-7-12(2)25-15/h4-8H,9-10H2,1-3H3,(H,19,22)(H,20,21). The van der Waals surface area contributed by atoms with Crippen molar-refractivity contribution in [1.82, 2.24) is 5.32 Å². The predicted molar refractivity (Wildman–Crippen MR) is 96.9 cm³/mol. The van der Waals surface area contributed by atoms with Gasteiger partial charge in [0.05, 0.1) is 6.54 Å². The highest BCUT2D eigenvalue weighted by Crippen LogP contribution is 2.17. The summed E-state index contributed by atoms with van der Waals surface area (Å²) in [5.41, 5.74) is 2.75. The zero-order valence-corrected chi connectivity index (χ0v) is 15.2. The second-order valence-corrected chi connectivity index (χ2v) is 6.85. The average Bonchev–Trinajstić information content (AvgIpc) is 3.01. The SMILES string of the molecule is Cc1ccc(C(=O)OCC(=O)NCC(=O)Nc2cccc(C)c2C)s1. The first-order chi connectivity index (χ1) is 11.9. The molecule has 0 bridgehead atoms. The third-order valence-electron chi connectivity index (χ3n) is 3.60. The molecule has 7 heteroatoms.